The van der Waals surface area contributed by atoms with Crippen molar-refractivity contribution < 1.29 is 27.4 Å². The van der Waals surface area contributed by atoms with Gasteiger partial charge >= 0.3 is 5.97 Å². The fourth-order valence-electron chi connectivity index (χ4n) is 2.66. The molecule has 6 nitrogen and oxygen atoms in total. The lowest BCUT2D eigenvalue weighted by atomic mass is 9.99. The molecule has 9 heteroatoms. The van der Waals surface area contributed by atoms with E-state index in [1.165, 1.54) is 13.2 Å². The number of hydrogen-bond acceptors (Lipinski definition) is 4. The first-order valence-corrected chi connectivity index (χ1v) is 8.28. The second kappa shape index (κ2) is 6.11. The van der Waals surface area contributed by atoms with Crippen molar-refractivity contribution in [3.8, 4) is 0 Å². The van der Waals surface area contributed by atoms with Crippen LogP contribution in [0, 0.1) is 5.82 Å². The Bertz CT molecular complexity index is 696. The molecule has 0 spiro atoms. The van der Waals surface area contributed by atoms with Crippen LogP contribution in [0.25, 0.3) is 0 Å². The number of methoxy groups -OCH3 is 1. The van der Waals surface area contributed by atoms with Gasteiger partial charge in [-0.05, 0) is 31.0 Å². The highest BCUT2D eigenvalue weighted by molar-refractivity contribution is 7.89. The zero-order valence-electron chi connectivity index (χ0n) is 11.8. The monoisotopic (exact) mass is 351 g/mol. The van der Waals surface area contributed by atoms with E-state index >= 15 is 0 Å². The summed E-state index contributed by atoms with van der Waals surface area (Å²) in [5.74, 6) is -2.30. The molecule has 0 bridgehead atoms. The molecular weight excluding hydrogens is 337 g/mol. The van der Waals surface area contributed by atoms with E-state index in [2.05, 4.69) is 0 Å². The van der Waals surface area contributed by atoms with Gasteiger partial charge in [-0.2, -0.15) is 4.31 Å². The average Bonchev–Trinajstić information content (AvgIpc) is 2.87. The average molecular weight is 352 g/mol. The molecule has 1 saturated heterocycles. The second-order valence-electron chi connectivity index (χ2n) is 5.03. The molecule has 1 atom stereocenters. The Morgan fingerprint density at radius 2 is 2.23 bits per heavy atom. The van der Waals surface area contributed by atoms with Crippen LogP contribution in [-0.2, 0) is 19.6 Å². The first-order valence-electron chi connectivity index (χ1n) is 6.46. The summed E-state index contributed by atoms with van der Waals surface area (Å²) in [6.45, 7) is -0.340. The molecule has 0 aliphatic carbocycles. The van der Waals surface area contributed by atoms with Crippen molar-refractivity contribution >= 4 is 27.6 Å². The molecule has 122 valence electrons. The first-order chi connectivity index (χ1) is 10.3. The fraction of sp³-hybridized carbons (Fsp3) is 0.462. The van der Waals surface area contributed by atoms with Crippen molar-refractivity contribution in [3.63, 3.8) is 0 Å². The number of carbonyl (C=O) groups is 1. The Balaban J connectivity index is 2.56. The van der Waals surface area contributed by atoms with Gasteiger partial charge in [-0.1, -0.05) is 11.6 Å². The summed E-state index contributed by atoms with van der Waals surface area (Å²) in [7, 11) is -3.07. The molecule has 1 unspecified atom stereocenters. The van der Waals surface area contributed by atoms with Gasteiger partial charge in [0.15, 0.2) is 5.54 Å². The quantitative estimate of drug-likeness (QED) is 0.873. The van der Waals surface area contributed by atoms with E-state index in [-0.39, 0.29) is 24.6 Å². The third-order valence-corrected chi connectivity index (χ3v) is 5.89. The lowest BCUT2D eigenvalue weighted by Crippen LogP contribution is -2.56. The van der Waals surface area contributed by atoms with E-state index in [0.717, 1.165) is 16.4 Å². The highest BCUT2D eigenvalue weighted by Gasteiger charge is 2.54. The number of halogens is 2. The van der Waals surface area contributed by atoms with E-state index < -0.39 is 32.2 Å². The van der Waals surface area contributed by atoms with Crippen molar-refractivity contribution in [1.82, 2.24) is 4.31 Å². The summed E-state index contributed by atoms with van der Waals surface area (Å²) in [5, 5.41) is 9.54. The molecular formula is C13H15ClFNO5S. The zero-order chi connectivity index (χ0) is 16.5. The maximum Gasteiger partial charge on any atom is 0.327 e. The largest absolute Gasteiger partial charge is 0.480 e. The fourth-order valence-corrected chi connectivity index (χ4v) is 4.77. The van der Waals surface area contributed by atoms with Crippen molar-refractivity contribution in [2.24, 2.45) is 0 Å². The summed E-state index contributed by atoms with van der Waals surface area (Å²) >= 11 is 5.73. The van der Waals surface area contributed by atoms with Crippen LogP contribution in [0.15, 0.2) is 23.1 Å². The molecule has 0 aromatic heterocycles. The minimum Gasteiger partial charge on any atom is -0.480 e. The van der Waals surface area contributed by atoms with Crippen molar-refractivity contribution in [2.45, 2.75) is 23.3 Å². The number of hydrogen-bond donors (Lipinski definition) is 1. The molecule has 1 N–H and O–H groups in total. The minimum absolute atomic E-state index is 0.0239. The van der Waals surface area contributed by atoms with Crippen LogP contribution in [0.4, 0.5) is 4.39 Å². The molecule has 2 rings (SSSR count). The molecule has 22 heavy (non-hydrogen) atoms. The molecule has 1 fully saturated rings. The van der Waals surface area contributed by atoms with Crippen LogP contribution in [0.5, 0.6) is 0 Å². The summed E-state index contributed by atoms with van der Waals surface area (Å²) in [5.41, 5.74) is -1.73. The van der Waals surface area contributed by atoms with Crippen LogP contribution in [0.1, 0.15) is 12.8 Å². The van der Waals surface area contributed by atoms with Crippen molar-refractivity contribution in [3.05, 3.63) is 29.0 Å². The zero-order valence-corrected chi connectivity index (χ0v) is 13.3. The van der Waals surface area contributed by atoms with Gasteiger partial charge in [0.1, 0.15) is 10.7 Å². The van der Waals surface area contributed by atoms with Gasteiger partial charge in [0.2, 0.25) is 10.0 Å². The predicted molar refractivity (Wildman–Crippen MR) is 76.8 cm³/mol. The number of carboxylic acids is 1. The number of rotatable bonds is 5. The van der Waals surface area contributed by atoms with Gasteiger partial charge in [0, 0.05) is 18.7 Å². The number of nitrogens with zero attached hydrogens (tertiary/aromatic N) is 1. The molecule has 0 amide bonds. The third kappa shape index (κ3) is 2.71. The molecule has 1 aliphatic heterocycles. The Morgan fingerprint density at radius 1 is 1.55 bits per heavy atom. The lowest BCUT2D eigenvalue weighted by molar-refractivity contribution is -0.150. The summed E-state index contributed by atoms with van der Waals surface area (Å²) < 4.78 is 45.0. The topological polar surface area (TPSA) is 83.9 Å². The molecule has 1 aromatic rings. The van der Waals surface area contributed by atoms with E-state index in [9.17, 15) is 22.7 Å². The third-order valence-electron chi connectivity index (χ3n) is 3.67. The van der Waals surface area contributed by atoms with Crippen molar-refractivity contribution in [2.75, 3.05) is 20.3 Å². The predicted octanol–water partition coefficient (Wildman–Crippen LogP) is 1.73. The second-order valence-corrected chi connectivity index (χ2v) is 7.29. The number of aliphatic carboxylic acids is 1. The van der Waals surface area contributed by atoms with Crippen LogP contribution >= 0.6 is 11.6 Å². The lowest BCUT2D eigenvalue weighted by Gasteiger charge is -2.33. The number of sulfonamides is 1. The highest BCUT2D eigenvalue weighted by Crippen LogP contribution is 2.36. The maximum atomic E-state index is 13.9. The van der Waals surface area contributed by atoms with Crippen LogP contribution in [-0.4, -0.2) is 49.6 Å². The Labute approximate surface area is 132 Å². The SMILES string of the molecule is COCC1(C(=O)O)CCCN1S(=O)(=O)c1cc(Cl)ccc1F. The van der Waals surface area contributed by atoms with Gasteiger partial charge in [-0.25, -0.2) is 12.8 Å². The molecule has 0 saturated carbocycles. The van der Waals surface area contributed by atoms with Crippen LogP contribution in [0.2, 0.25) is 5.02 Å². The smallest absolute Gasteiger partial charge is 0.327 e. The molecule has 1 heterocycles. The Hall–Kier alpha value is -1.22. The van der Waals surface area contributed by atoms with Gasteiger partial charge in [0.05, 0.1) is 6.61 Å². The van der Waals surface area contributed by atoms with Gasteiger partial charge in [-0.3, -0.25) is 4.79 Å². The molecule has 1 aliphatic rings. The number of benzene rings is 1. The number of ether oxygens (including phenoxy) is 1. The Kier molecular flexibility index (Phi) is 4.76. The van der Waals surface area contributed by atoms with E-state index in [1.807, 2.05) is 0 Å². The summed E-state index contributed by atoms with van der Waals surface area (Å²) in [4.78, 5) is 11.0. The standard InChI is InChI=1S/C13H15ClFNO5S/c1-21-8-13(12(17)18)5-2-6-16(13)22(19,20)11-7-9(14)3-4-10(11)15/h3-4,7H,2,5-6,8H2,1H3,(H,17,18). The van der Waals surface area contributed by atoms with E-state index in [0.29, 0.717) is 6.42 Å². The highest BCUT2D eigenvalue weighted by atomic mass is 35.5. The van der Waals surface area contributed by atoms with Gasteiger partial charge in [0.25, 0.3) is 0 Å². The van der Waals surface area contributed by atoms with E-state index in [4.69, 9.17) is 16.3 Å². The van der Waals surface area contributed by atoms with E-state index in [1.54, 1.807) is 0 Å². The normalized spacial score (nSPS) is 22.9. The van der Waals surface area contributed by atoms with Crippen molar-refractivity contribution in [1.29, 1.82) is 0 Å². The van der Waals surface area contributed by atoms with Gasteiger partial charge in [-0.15, -0.1) is 0 Å². The molecule has 1 aromatic carbocycles. The molecule has 0 radical (unpaired) electrons. The minimum atomic E-state index is -4.35. The summed E-state index contributed by atoms with van der Waals surface area (Å²) in [6, 6.07) is 3.13. The van der Waals surface area contributed by atoms with Crippen LogP contribution in [0.3, 0.4) is 0 Å². The summed E-state index contributed by atoms with van der Waals surface area (Å²) in [6.07, 6.45) is 0.439. The Morgan fingerprint density at radius 3 is 2.82 bits per heavy atom. The maximum absolute atomic E-state index is 13.9. The van der Waals surface area contributed by atoms with Crippen LogP contribution < -0.4 is 0 Å². The first kappa shape index (κ1) is 17.1. The van der Waals surface area contributed by atoms with Gasteiger partial charge < -0.3 is 9.84 Å². The number of carboxylic acid groups (broad SMARTS) is 1.